The molecule has 0 aromatic heterocycles. The van der Waals surface area contributed by atoms with Gasteiger partial charge in [-0.1, -0.05) is 0 Å². The van der Waals surface area contributed by atoms with Gasteiger partial charge in [-0.25, -0.2) is 4.79 Å². The summed E-state index contributed by atoms with van der Waals surface area (Å²) in [7, 11) is 4.02. The number of hydrogen-bond donors (Lipinski definition) is 1. The summed E-state index contributed by atoms with van der Waals surface area (Å²) in [5, 5.41) is 8.81. The van der Waals surface area contributed by atoms with Crippen molar-refractivity contribution in [2.75, 3.05) is 27.2 Å². The van der Waals surface area contributed by atoms with Gasteiger partial charge in [0, 0.05) is 6.54 Å². The number of nitrogens with zero attached hydrogens (tertiary/aromatic N) is 1. The summed E-state index contributed by atoms with van der Waals surface area (Å²) < 4.78 is 6.22. The molecule has 0 saturated carbocycles. The minimum atomic E-state index is -0.940. The number of rotatable bonds is 6. The zero-order chi connectivity index (χ0) is 12.8. The van der Waals surface area contributed by atoms with Crippen LogP contribution in [0.1, 0.15) is 16.8 Å². The van der Waals surface area contributed by atoms with Crippen LogP contribution in [0.15, 0.2) is 22.7 Å². The van der Waals surface area contributed by atoms with E-state index in [2.05, 4.69) is 20.8 Å². The summed E-state index contributed by atoms with van der Waals surface area (Å²) in [4.78, 5) is 12.8. The summed E-state index contributed by atoms with van der Waals surface area (Å²) >= 11 is 3.30. The molecule has 1 N–H and O–H groups in total. The largest absolute Gasteiger partial charge is 0.492 e. The fraction of sp³-hybridized carbons (Fsp3) is 0.417. The summed E-state index contributed by atoms with van der Waals surface area (Å²) in [6.45, 7) is 1.58. The predicted octanol–water partition coefficient (Wildman–Crippen LogP) is 2.48. The van der Waals surface area contributed by atoms with E-state index in [1.54, 1.807) is 12.1 Å². The molecule has 0 unspecified atom stereocenters. The molecule has 1 aromatic rings. The van der Waals surface area contributed by atoms with Crippen molar-refractivity contribution in [3.63, 3.8) is 0 Å². The Bertz CT molecular complexity index is 393. The highest BCUT2D eigenvalue weighted by Gasteiger charge is 2.07. The number of carbonyl (C=O) groups is 1. The number of carboxylic acids is 1. The van der Waals surface area contributed by atoms with Crippen molar-refractivity contribution in [3.05, 3.63) is 28.2 Å². The second kappa shape index (κ2) is 6.61. The molecular formula is C12H16BrNO3. The Balaban J connectivity index is 2.52. The molecule has 0 spiro atoms. The lowest BCUT2D eigenvalue weighted by Gasteiger charge is -2.11. The van der Waals surface area contributed by atoms with Gasteiger partial charge in [0.15, 0.2) is 0 Å². The highest BCUT2D eigenvalue weighted by Crippen LogP contribution is 2.26. The molecule has 0 aliphatic heterocycles. The van der Waals surface area contributed by atoms with E-state index >= 15 is 0 Å². The van der Waals surface area contributed by atoms with Crippen molar-refractivity contribution in [2.24, 2.45) is 0 Å². The first-order valence-corrected chi connectivity index (χ1v) is 6.10. The number of hydrogen-bond acceptors (Lipinski definition) is 3. The van der Waals surface area contributed by atoms with Crippen molar-refractivity contribution in [2.45, 2.75) is 6.42 Å². The average Bonchev–Trinajstić information content (AvgIpc) is 2.25. The molecule has 1 aromatic carbocycles. The van der Waals surface area contributed by atoms with Crippen LogP contribution < -0.4 is 4.74 Å². The van der Waals surface area contributed by atoms with Crippen LogP contribution in [0.5, 0.6) is 5.75 Å². The minimum Gasteiger partial charge on any atom is -0.492 e. The van der Waals surface area contributed by atoms with Crippen LogP contribution in [0.4, 0.5) is 0 Å². The molecule has 0 atom stereocenters. The summed E-state index contributed by atoms with van der Waals surface area (Å²) in [6, 6.07) is 4.75. The van der Waals surface area contributed by atoms with Gasteiger partial charge in [0.2, 0.25) is 0 Å². The third-order valence-electron chi connectivity index (χ3n) is 2.19. The van der Waals surface area contributed by atoms with Crippen molar-refractivity contribution < 1.29 is 14.6 Å². The highest BCUT2D eigenvalue weighted by atomic mass is 79.9. The standard InChI is InChI=1S/C12H16BrNO3/c1-14(2)6-3-7-17-11-5-4-9(12(15)16)8-10(11)13/h4-5,8H,3,6-7H2,1-2H3,(H,15,16). The second-order valence-corrected chi connectivity index (χ2v) is 4.81. The number of benzene rings is 1. The second-order valence-electron chi connectivity index (χ2n) is 3.96. The quantitative estimate of drug-likeness (QED) is 0.820. The number of carboxylic acid groups (broad SMARTS) is 1. The van der Waals surface area contributed by atoms with E-state index in [-0.39, 0.29) is 5.56 Å². The first-order valence-electron chi connectivity index (χ1n) is 5.31. The topological polar surface area (TPSA) is 49.8 Å². The third kappa shape index (κ3) is 4.75. The SMILES string of the molecule is CN(C)CCCOc1ccc(C(=O)O)cc1Br. The molecule has 5 heteroatoms. The van der Waals surface area contributed by atoms with Gasteiger partial charge >= 0.3 is 5.97 Å². The van der Waals surface area contributed by atoms with Crippen LogP contribution in [0.2, 0.25) is 0 Å². The maximum atomic E-state index is 10.7. The van der Waals surface area contributed by atoms with Gasteiger partial charge in [-0.2, -0.15) is 0 Å². The fourth-order valence-electron chi connectivity index (χ4n) is 1.31. The van der Waals surface area contributed by atoms with Gasteiger partial charge < -0.3 is 14.7 Å². The third-order valence-corrected chi connectivity index (χ3v) is 2.81. The Kier molecular flexibility index (Phi) is 5.44. The monoisotopic (exact) mass is 301 g/mol. The van der Waals surface area contributed by atoms with Crippen molar-refractivity contribution in [3.8, 4) is 5.75 Å². The minimum absolute atomic E-state index is 0.248. The van der Waals surface area contributed by atoms with E-state index in [4.69, 9.17) is 9.84 Å². The molecule has 4 nitrogen and oxygen atoms in total. The summed E-state index contributed by atoms with van der Waals surface area (Å²) in [5.41, 5.74) is 0.248. The fourth-order valence-corrected chi connectivity index (χ4v) is 1.81. The van der Waals surface area contributed by atoms with E-state index in [1.165, 1.54) is 6.07 Å². The molecule has 0 aliphatic rings. The van der Waals surface area contributed by atoms with Gasteiger partial charge in [-0.3, -0.25) is 0 Å². The molecule has 94 valence electrons. The van der Waals surface area contributed by atoms with E-state index in [0.717, 1.165) is 13.0 Å². The molecule has 0 fully saturated rings. The predicted molar refractivity (Wildman–Crippen MR) is 69.8 cm³/mol. The zero-order valence-electron chi connectivity index (χ0n) is 9.94. The molecule has 0 saturated heterocycles. The van der Waals surface area contributed by atoms with E-state index in [9.17, 15) is 4.79 Å². The van der Waals surface area contributed by atoms with Gasteiger partial charge in [-0.05, 0) is 54.6 Å². The van der Waals surface area contributed by atoms with Crippen LogP contribution in [0.25, 0.3) is 0 Å². The molecule has 0 heterocycles. The Labute approximate surface area is 109 Å². The molecule has 0 radical (unpaired) electrons. The van der Waals surface area contributed by atoms with E-state index < -0.39 is 5.97 Å². The normalized spacial score (nSPS) is 10.6. The summed E-state index contributed by atoms with van der Waals surface area (Å²) in [5.74, 6) is -0.265. The van der Waals surface area contributed by atoms with Crippen molar-refractivity contribution in [1.29, 1.82) is 0 Å². The molecule has 0 amide bonds. The smallest absolute Gasteiger partial charge is 0.335 e. The van der Waals surface area contributed by atoms with Crippen LogP contribution in [0.3, 0.4) is 0 Å². The Morgan fingerprint density at radius 1 is 1.47 bits per heavy atom. The molecule has 0 bridgehead atoms. The van der Waals surface area contributed by atoms with Gasteiger partial charge in [0.25, 0.3) is 0 Å². The van der Waals surface area contributed by atoms with Crippen LogP contribution in [-0.2, 0) is 0 Å². The molecule has 1 rings (SSSR count). The first kappa shape index (κ1) is 14.0. The van der Waals surface area contributed by atoms with Crippen LogP contribution in [-0.4, -0.2) is 43.2 Å². The maximum Gasteiger partial charge on any atom is 0.335 e. The Morgan fingerprint density at radius 2 is 2.18 bits per heavy atom. The lowest BCUT2D eigenvalue weighted by atomic mass is 10.2. The van der Waals surface area contributed by atoms with E-state index in [1.807, 2.05) is 14.1 Å². The average molecular weight is 302 g/mol. The van der Waals surface area contributed by atoms with Gasteiger partial charge in [0.1, 0.15) is 5.75 Å². The van der Waals surface area contributed by atoms with Gasteiger partial charge in [-0.15, -0.1) is 0 Å². The first-order chi connectivity index (χ1) is 8.00. The lowest BCUT2D eigenvalue weighted by molar-refractivity contribution is 0.0697. The summed E-state index contributed by atoms with van der Waals surface area (Å²) in [6.07, 6.45) is 0.931. The Hall–Kier alpha value is -1.07. The zero-order valence-corrected chi connectivity index (χ0v) is 11.5. The molecule has 17 heavy (non-hydrogen) atoms. The van der Waals surface area contributed by atoms with Crippen LogP contribution >= 0.6 is 15.9 Å². The van der Waals surface area contributed by atoms with Crippen LogP contribution in [0, 0.1) is 0 Å². The number of ether oxygens (including phenoxy) is 1. The number of halogens is 1. The van der Waals surface area contributed by atoms with E-state index in [0.29, 0.717) is 16.8 Å². The van der Waals surface area contributed by atoms with Gasteiger partial charge in [0.05, 0.1) is 16.6 Å². The molecular weight excluding hydrogens is 286 g/mol. The Morgan fingerprint density at radius 3 is 2.71 bits per heavy atom. The highest BCUT2D eigenvalue weighted by molar-refractivity contribution is 9.10. The maximum absolute atomic E-state index is 10.7. The lowest BCUT2D eigenvalue weighted by Crippen LogP contribution is -2.15. The van der Waals surface area contributed by atoms with Crippen molar-refractivity contribution in [1.82, 2.24) is 4.90 Å². The molecule has 0 aliphatic carbocycles. The van der Waals surface area contributed by atoms with Crippen molar-refractivity contribution >= 4 is 21.9 Å². The number of aromatic carboxylic acids is 1.